The molecule has 0 fully saturated rings. The summed E-state index contributed by atoms with van der Waals surface area (Å²) in [7, 11) is 0. The Morgan fingerprint density at radius 3 is 3.13 bits per heavy atom. The van der Waals surface area contributed by atoms with Gasteiger partial charge in [0.15, 0.2) is 5.75 Å². The summed E-state index contributed by atoms with van der Waals surface area (Å²) in [6, 6.07) is 1.75. The van der Waals surface area contributed by atoms with Gasteiger partial charge < -0.3 is 15.6 Å². The summed E-state index contributed by atoms with van der Waals surface area (Å²) in [5, 5.41) is 9.08. The number of nitrogens with two attached hydrogens (primary N) is 1. The molecule has 80 valence electrons. The van der Waals surface area contributed by atoms with Gasteiger partial charge >= 0.3 is 0 Å². The number of hydrogen-bond donors (Lipinski definition) is 2. The van der Waals surface area contributed by atoms with Crippen LogP contribution in [0.4, 0.5) is 0 Å². The van der Waals surface area contributed by atoms with E-state index in [1.807, 2.05) is 0 Å². The summed E-state index contributed by atoms with van der Waals surface area (Å²) < 4.78 is 5.34. The molecule has 3 N–H and O–H groups in total. The van der Waals surface area contributed by atoms with Gasteiger partial charge in [0.1, 0.15) is 6.61 Å². The number of hydrogen-bond acceptors (Lipinski definition) is 4. The molecule has 1 rings (SSSR count). The molecule has 0 aliphatic heterocycles. The number of aromatic nitrogens is 1. The first-order valence-electron chi connectivity index (χ1n) is 4.68. The van der Waals surface area contributed by atoms with Crippen LogP contribution in [0.15, 0.2) is 18.5 Å². The topological polar surface area (TPSA) is 68.4 Å². The van der Waals surface area contributed by atoms with Crippen LogP contribution in [0.3, 0.4) is 0 Å². The van der Waals surface area contributed by atoms with Crippen LogP contribution in [0.1, 0.15) is 12.5 Å². The molecule has 0 unspecified atom stereocenters. The molecular formula is C11H14N2O2. The molecule has 4 heteroatoms. The Morgan fingerprint density at radius 2 is 2.47 bits per heavy atom. The van der Waals surface area contributed by atoms with E-state index in [1.54, 1.807) is 25.4 Å². The average molecular weight is 206 g/mol. The highest BCUT2D eigenvalue weighted by molar-refractivity contribution is 5.44. The van der Waals surface area contributed by atoms with Gasteiger partial charge in [-0.3, -0.25) is 4.98 Å². The zero-order valence-corrected chi connectivity index (χ0v) is 8.60. The lowest BCUT2D eigenvalue weighted by Crippen LogP contribution is -2.13. The maximum atomic E-state index is 9.08. The zero-order chi connectivity index (χ0) is 11.1. The van der Waals surface area contributed by atoms with Gasteiger partial charge in [-0.05, 0) is 13.0 Å². The number of rotatable bonds is 3. The van der Waals surface area contributed by atoms with Crippen molar-refractivity contribution in [3.63, 3.8) is 0 Å². The monoisotopic (exact) mass is 206 g/mol. The van der Waals surface area contributed by atoms with Crippen LogP contribution in [0.25, 0.3) is 0 Å². The van der Waals surface area contributed by atoms with Crippen LogP contribution in [0.5, 0.6) is 5.75 Å². The third-order valence-electron chi connectivity index (χ3n) is 1.59. The standard InChI is InChI=1S/C11H14N2O2/c1-9(14)8-15-11-7-13-6-4-10(11)3-2-5-12/h4,6-7,9,14H,5,8,12H2,1H3/t9-/m1/s1. The molecule has 1 atom stereocenters. The summed E-state index contributed by atoms with van der Waals surface area (Å²) in [5.41, 5.74) is 6.01. The second-order valence-electron chi connectivity index (χ2n) is 3.04. The van der Waals surface area contributed by atoms with Crippen molar-refractivity contribution < 1.29 is 9.84 Å². The summed E-state index contributed by atoms with van der Waals surface area (Å²) in [6.07, 6.45) is 2.69. The summed E-state index contributed by atoms with van der Waals surface area (Å²) in [6.45, 7) is 2.18. The van der Waals surface area contributed by atoms with Crippen molar-refractivity contribution in [1.29, 1.82) is 0 Å². The predicted octanol–water partition coefficient (Wildman–Crippen LogP) is 0.151. The molecule has 0 amide bonds. The van der Waals surface area contributed by atoms with E-state index in [0.29, 0.717) is 12.3 Å². The number of aliphatic hydroxyl groups is 1. The molecule has 1 aromatic heterocycles. The summed E-state index contributed by atoms with van der Waals surface area (Å²) in [5.74, 6) is 6.18. The first kappa shape index (κ1) is 11.5. The number of aliphatic hydroxyl groups excluding tert-OH is 1. The highest BCUT2D eigenvalue weighted by Gasteiger charge is 2.02. The normalized spacial score (nSPS) is 11.4. The van der Waals surface area contributed by atoms with Crippen molar-refractivity contribution in [3.05, 3.63) is 24.0 Å². The van der Waals surface area contributed by atoms with Crippen molar-refractivity contribution in [2.45, 2.75) is 13.0 Å². The van der Waals surface area contributed by atoms with Crippen LogP contribution < -0.4 is 10.5 Å². The molecule has 0 aliphatic carbocycles. The lowest BCUT2D eigenvalue weighted by atomic mass is 10.2. The Kier molecular flexibility index (Phi) is 4.61. The van der Waals surface area contributed by atoms with Gasteiger partial charge in [-0.2, -0.15) is 0 Å². The fourth-order valence-electron chi connectivity index (χ4n) is 0.955. The fraction of sp³-hybridized carbons (Fsp3) is 0.364. The van der Waals surface area contributed by atoms with Crippen molar-refractivity contribution in [1.82, 2.24) is 4.98 Å². The second-order valence-corrected chi connectivity index (χ2v) is 3.04. The minimum Gasteiger partial charge on any atom is -0.488 e. The van der Waals surface area contributed by atoms with Gasteiger partial charge in [-0.25, -0.2) is 0 Å². The van der Waals surface area contributed by atoms with Gasteiger partial charge in [-0.1, -0.05) is 11.8 Å². The Labute approximate surface area is 89.1 Å². The molecule has 0 aliphatic rings. The summed E-state index contributed by atoms with van der Waals surface area (Å²) in [4.78, 5) is 3.93. The van der Waals surface area contributed by atoms with E-state index in [1.165, 1.54) is 0 Å². The third-order valence-corrected chi connectivity index (χ3v) is 1.59. The van der Waals surface area contributed by atoms with E-state index in [0.717, 1.165) is 5.56 Å². The molecular weight excluding hydrogens is 192 g/mol. The molecule has 4 nitrogen and oxygen atoms in total. The average Bonchev–Trinajstić information content (AvgIpc) is 2.24. The fourth-order valence-corrected chi connectivity index (χ4v) is 0.955. The maximum absolute atomic E-state index is 9.08. The highest BCUT2D eigenvalue weighted by atomic mass is 16.5. The van der Waals surface area contributed by atoms with Crippen molar-refractivity contribution in [2.24, 2.45) is 5.73 Å². The molecule has 0 saturated heterocycles. The molecule has 1 heterocycles. The second kappa shape index (κ2) is 6.02. The van der Waals surface area contributed by atoms with E-state index in [4.69, 9.17) is 15.6 Å². The largest absolute Gasteiger partial charge is 0.488 e. The van der Waals surface area contributed by atoms with Gasteiger partial charge in [0.05, 0.1) is 24.4 Å². The van der Waals surface area contributed by atoms with Crippen LogP contribution >= 0.6 is 0 Å². The number of pyridine rings is 1. The molecule has 0 radical (unpaired) electrons. The molecule has 1 aromatic rings. The van der Waals surface area contributed by atoms with Crippen molar-refractivity contribution in [2.75, 3.05) is 13.2 Å². The Bertz CT molecular complexity index is 366. The van der Waals surface area contributed by atoms with Crippen LogP contribution in [-0.2, 0) is 0 Å². The number of ether oxygens (including phenoxy) is 1. The van der Waals surface area contributed by atoms with E-state index < -0.39 is 6.10 Å². The van der Waals surface area contributed by atoms with Crippen LogP contribution in [0.2, 0.25) is 0 Å². The molecule has 0 aromatic carbocycles. The van der Waals surface area contributed by atoms with Crippen LogP contribution in [0, 0.1) is 11.8 Å². The minimum absolute atomic E-state index is 0.225. The number of nitrogens with zero attached hydrogens (tertiary/aromatic N) is 1. The molecule has 0 spiro atoms. The first-order valence-corrected chi connectivity index (χ1v) is 4.68. The quantitative estimate of drug-likeness (QED) is 0.691. The SMILES string of the molecule is C[C@@H](O)COc1cnccc1C#CCN. The van der Waals surface area contributed by atoms with E-state index in [-0.39, 0.29) is 6.61 Å². The van der Waals surface area contributed by atoms with Gasteiger partial charge in [-0.15, -0.1) is 0 Å². The lowest BCUT2D eigenvalue weighted by Gasteiger charge is -2.08. The maximum Gasteiger partial charge on any atom is 0.153 e. The molecule has 0 bridgehead atoms. The van der Waals surface area contributed by atoms with E-state index in [9.17, 15) is 0 Å². The predicted molar refractivity (Wildman–Crippen MR) is 57.3 cm³/mol. The summed E-state index contributed by atoms with van der Waals surface area (Å²) >= 11 is 0. The third kappa shape index (κ3) is 3.98. The Balaban J connectivity index is 2.77. The first-order chi connectivity index (χ1) is 7.24. The lowest BCUT2D eigenvalue weighted by molar-refractivity contribution is 0.122. The van der Waals surface area contributed by atoms with Crippen molar-refractivity contribution >= 4 is 0 Å². The minimum atomic E-state index is -0.513. The van der Waals surface area contributed by atoms with E-state index in [2.05, 4.69) is 16.8 Å². The Morgan fingerprint density at radius 1 is 1.67 bits per heavy atom. The molecule has 15 heavy (non-hydrogen) atoms. The van der Waals surface area contributed by atoms with Gasteiger partial charge in [0, 0.05) is 6.20 Å². The smallest absolute Gasteiger partial charge is 0.153 e. The van der Waals surface area contributed by atoms with Gasteiger partial charge in [0.2, 0.25) is 0 Å². The van der Waals surface area contributed by atoms with Crippen molar-refractivity contribution in [3.8, 4) is 17.6 Å². The highest BCUT2D eigenvalue weighted by Crippen LogP contribution is 2.14. The van der Waals surface area contributed by atoms with Crippen LogP contribution in [-0.4, -0.2) is 29.3 Å². The van der Waals surface area contributed by atoms with Gasteiger partial charge in [0.25, 0.3) is 0 Å². The molecule has 0 saturated carbocycles. The zero-order valence-electron chi connectivity index (χ0n) is 8.60. The Hall–Kier alpha value is -1.57. The van der Waals surface area contributed by atoms with E-state index >= 15 is 0 Å².